The highest BCUT2D eigenvalue weighted by atomic mass is 19.1. The molecule has 2 fully saturated rings. The molecule has 2 aliphatic rings. The fourth-order valence-corrected chi connectivity index (χ4v) is 3.92. The first kappa shape index (κ1) is 18.2. The van der Waals surface area contributed by atoms with Crippen LogP contribution in [0.4, 0.5) is 4.39 Å². The summed E-state index contributed by atoms with van der Waals surface area (Å²) < 4.78 is 20.5. The summed E-state index contributed by atoms with van der Waals surface area (Å²) in [4.78, 5) is 2.47. The number of nitrogens with zero attached hydrogens (tertiary/aromatic N) is 1. The summed E-state index contributed by atoms with van der Waals surface area (Å²) in [6.07, 6.45) is 2.34. The molecule has 0 radical (unpaired) electrons. The van der Waals surface area contributed by atoms with Gasteiger partial charge < -0.3 is 4.74 Å². The maximum absolute atomic E-state index is 14.4. The van der Waals surface area contributed by atoms with E-state index in [0.717, 1.165) is 30.0 Å². The van der Waals surface area contributed by atoms with Gasteiger partial charge in [-0.3, -0.25) is 4.90 Å². The van der Waals surface area contributed by atoms with Crippen LogP contribution in [-0.2, 0) is 0 Å². The van der Waals surface area contributed by atoms with Crippen LogP contribution in [0.5, 0.6) is 5.75 Å². The highest BCUT2D eigenvalue weighted by Crippen LogP contribution is 2.46. The zero-order valence-electron chi connectivity index (χ0n) is 16.2. The third kappa shape index (κ3) is 3.93. The Morgan fingerprint density at radius 3 is 2.56 bits per heavy atom. The maximum Gasteiger partial charge on any atom is 0.134 e. The topological polar surface area (TPSA) is 12.5 Å². The van der Waals surface area contributed by atoms with Crippen molar-refractivity contribution < 1.29 is 9.13 Å². The standard InChI is InChI=1S/C24H28FNO/c1-16(2)21-11-22(20-9-10-20)24(12-23(21)25)27-15-18-13-26(14-18)17(3)19-7-5-4-6-8-19/h4-8,11-12,17-18,20H,1,9-10,13-15H2,2-3H3/t17-/m0/s1. The molecule has 2 aromatic rings. The molecule has 2 nitrogen and oxygen atoms in total. The van der Waals surface area contributed by atoms with Gasteiger partial charge in [-0.1, -0.05) is 36.9 Å². The van der Waals surface area contributed by atoms with Gasteiger partial charge in [-0.2, -0.15) is 0 Å². The molecule has 142 valence electrons. The molecule has 3 heteroatoms. The number of allylic oxidation sites excluding steroid dienone is 1. The number of hydrogen-bond donors (Lipinski definition) is 0. The normalized spacial score (nSPS) is 18.8. The second kappa shape index (κ2) is 7.47. The maximum atomic E-state index is 14.4. The molecule has 1 atom stereocenters. The van der Waals surface area contributed by atoms with Crippen molar-refractivity contribution in [2.24, 2.45) is 5.92 Å². The quantitative estimate of drug-likeness (QED) is 0.614. The van der Waals surface area contributed by atoms with Crippen molar-refractivity contribution in [2.75, 3.05) is 19.7 Å². The average Bonchev–Trinajstić information content (AvgIpc) is 3.45. The second-order valence-corrected chi connectivity index (χ2v) is 8.14. The first-order valence-corrected chi connectivity index (χ1v) is 9.94. The van der Waals surface area contributed by atoms with Gasteiger partial charge in [0, 0.05) is 36.7 Å². The Hall–Kier alpha value is -2.13. The minimum atomic E-state index is -0.227. The molecule has 4 rings (SSSR count). The number of rotatable bonds is 7. The van der Waals surface area contributed by atoms with Gasteiger partial charge in [0.2, 0.25) is 0 Å². The Balaban J connectivity index is 1.36. The molecule has 27 heavy (non-hydrogen) atoms. The molecule has 0 aromatic heterocycles. The van der Waals surface area contributed by atoms with Crippen molar-refractivity contribution in [3.8, 4) is 5.75 Å². The number of benzene rings is 2. The summed E-state index contributed by atoms with van der Waals surface area (Å²) in [6.45, 7) is 10.7. The first-order valence-electron chi connectivity index (χ1n) is 9.94. The van der Waals surface area contributed by atoms with E-state index in [1.165, 1.54) is 18.4 Å². The van der Waals surface area contributed by atoms with Crippen LogP contribution in [0.1, 0.15) is 55.3 Å². The largest absolute Gasteiger partial charge is 0.493 e. The molecule has 0 amide bonds. The summed E-state index contributed by atoms with van der Waals surface area (Å²) in [5.74, 6) is 1.53. The van der Waals surface area contributed by atoms with Gasteiger partial charge in [-0.05, 0) is 55.4 Å². The van der Waals surface area contributed by atoms with Gasteiger partial charge in [0.05, 0.1) is 6.61 Å². The van der Waals surface area contributed by atoms with E-state index >= 15 is 0 Å². The molecule has 0 N–H and O–H groups in total. The minimum absolute atomic E-state index is 0.227. The molecule has 2 aromatic carbocycles. The van der Waals surface area contributed by atoms with Crippen LogP contribution < -0.4 is 4.74 Å². The zero-order chi connectivity index (χ0) is 19.0. The van der Waals surface area contributed by atoms with Crippen LogP contribution in [-0.4, -0.2) is 24.6 Å². The Morgan fingerprint density at radius 1 is 1.22 bits per heavy atom. The summed E-state index contributed by atoms with van der Waals surface area (Å²) in [6, 6.07) is 14.6. The molecule has 0 spiro atoms. The third-order valence-electron chi connectivity index (χ3n) is 5.87. The lowest BCUT2D eigenvalue weighted by atomic mass is 9.95. The third-order valence-corrected chi connectivity index (χ3v) is 5.87. The molecule has 0 bridgehead atoms. The number of hydrogen-bond acceptors (Lipinski definition) is 2. The van der Waals surface area contributed by atoms with Gasteiger partial charge in [0.1, 0.15) is 11.6 Å². The summed E-state index contributed by atoms with van der Waals surface area (Å²) in [5, 5.41) is 0. The van der Waals surface area contributed by atoms with Gasteiger partial charge in [0.15, 0.2) is 0 Å². The Morgan fingerprint density at radius 2 is 1.93 bits per heavy atom. The van der Waals surface area contributed by atoms with Gasteiger partial charge in [-0.15, -0.1) is 0 Å². The number of ether oxygens (including phenoxy) is 1. The summed E-state index contributed by atoms with van der Waals surface area (Å²) in [5.41, 5.74) is 3.90. The first-order chi connectivity index (χ1) is 13.0. The van der Waals surface area contributed by atoms with Crippen LogP contribution in [0.15, 0.2) is 49.0 Å². The minimum Gasteiger partial charge on any atom is -0.493 e. The van der Waals surface area contributed by atoms with Crippen molar-refractivity contribution in [1.82, 2.24) is 4.90 Å². The highest BCUT2D eigenvalue weighted by molar-refractivity contribution is 5.64. The average molecular weight is 365 g/mol. The van der Waals surface area contributed by atoms with Crippen molar-refractivity contribution in [1.29, 1.82) is 0 Å². The predicted octanol–water partition coefficient (Wildman–Crippen LogP) is 5.81. The molecular formula is C24H28FNO. The second-order valence-electron chi connectivity index (χ2n) is 8.14. The van der Waals surface area contributed by atoms with Gasteiger partial charge in [-0.25, -0.2) is 4.39 Å². The lowest BCUT2D eigenvalue weighted by Crippen LogP contribution is -2.50. The van der Waals surface area contributed by atoms with Crippen molar-refractivity contribution in [2.45, 2.75) is 38.6 Å². The van der Waals surface area contributed by atoms with E-state index in [2.05, 4.69) is 48.7 Å². The van der Waals surface area contributed by atoms with E-state index in [9.17, 15) is 4.39 Å². The van der Waals surface area contributed by atoms with E-state index in [4.69, 9.17) is 4.74 Å². The SMILES string of the molecule is C=C(C)c1cc(C2CC2)c(OCC2CN([C@@H](C)c3ccccc3)C2)cc1F. The fraction of sp³-hybridized carbons (Fsp3) is 0.417. The summed E-state index contributed by atoms with van der Waals surface area (Å²) >= 11 is 0. The van der Waals surface area contributed by atoms with Crippen LogP contribution in [0, 0.1) is 11.7 Å². The molecule has 1 saturated carbocycles. The van der Waals surface area contributed by atoms with E-state index < -0.39 is 0 Å². The van der Waals surface area contributed by atoms with Crippen molar-refractivity contribution in [3.05, 3.63) is 71.6 Å². The van der Waals surface area contributed by atoms with E-state index in [1.807, 2.05) is 13.0 Å². The Bertz CT molecular complexity index is 822. The van der Waals surface area contributed by atoms with Crippen LogP contribution in [0.25, 0.3) is 5.57 Å². The molecule has 0 unspecified atom stereocenters. The lowest BCUT2D eigenvalue weighted by Gasteiger charge is -2.43. The van der Waals surface area contributed by atoms with E-state index in [0.29, 0.717) is 30.0 Å². The molecule has 1 saturated heterocycles. The zero-order valence-corrected chi connectivity index (χ0v) is 16.2. The molecule has 1 heterocycles. The number of likely N-dealkylation sites (tertiary alicyclic amines) is 1. The van der Waals surface area contributed by atoms with Crippen LogP contribution >= 0.6 is 0 Å². The van der Waals surface area contributed by atoms with Crippen LogP contribution in [0.3, 0.4) is 0 Å². The van der Waals surface area contributed by atoms with E-state index in [1.54, 1.807) is 6.07 Å². The van der Waals surface area contributed by atoms with Crippen molar-refractivity contribution >= 4 is 5.57 Å². The van der Waals surface area contributed by atoms with Crippen molar-refractivity contribution in [3.63, 3.8) is 0 Å². The smallest absolute Gasteiger partial charge is 0.134 e. The highest BCUT2D eigenvalue weighted by Gasteiger charge is 2.32. The Labute approximate surface area is 161 Å². The number of halogens is 1. The predicted molar refractivity (Wildman–Crippen MR) is 108 cm³/mol. The molecule has 1 aliphatic heterocycles. The molecular weight excluding hydrogens is 337 g/mol. The monoisotopic (exact) mass is 365 g/mol. The van der Waals surface area contributed by atoms with Gasteiger partial charge >= 0.3 is 0 Å². The lowest BCUT2D eigenvalue weighted by molar-refractivity contribution is 0.0307. The van der Waals surface area contributed by atoms with Gasteiger partial charge in [0.25, 0.3) is 0 Å². The fourth-order valence-electron chi connectivity index (χ4n) is 3.92. The summed E-state index contributed by atoms with van der Waals surface area (Å²) in [7, 11) is 0. The molecule has 1 aliphatic carbocycles. The van der Waals surface area contributed by atoms with E-state index in [-0.39, 0.29) is 5.82 Å². The Kier molecular flexibility index (Phi) is 5.05. The van der Waals surface area contributed by atoms with Crippen LogP contribution in [0.2, 0.25) is 0 Å².